The second kappa shape index (κ2) is 6.53. The summed E-state index contributed by atoms with van der Waals surface area (Å²) in [5.74, 6) is 0. The lowest BCUT2D eigenvalue weighted by atomic mass is 9.95. The molecule has 114 valence electrons. The van der Waals surface area contributed by atoms with E-state index in [4.69, 9.17) is 4.74 Å². The summed E-state index contributed by atoms with van der Waals surface area (Å²) in [6.07, 6.45) is 0.604. The molecule has 3 rings (SSSR count). The summed E-state index contributed by atoms with van der Waals surface area (Å²) in [5, 5.41) is 0. The van der Waals surface area contributed by atoms with Crippen molar-refractivity contribution in [2.75, 3.05) is 0 Å². The fourth-order valence-electron chi connectivity index (χ4n) is 2.77. The number of fused-ring (bicyclic) bond motifs is 1. The van der Waals surface area contributed by atoms with Crippen molar-refractivity contribution in [3.8, 4) is 0 Å². The summed E-state index contributed by atoms with van der Waals surface area (Å²) in [7, 11) is 0. The highest BCUT2D eigenvalue weighted by atomic mass is 79.9. The number of carbonyl (C=O) groups is 1. The molecule has 1 aliphatic rings. The van der Waals surface area contributed by atoms with E-state index in [0.717, 1.165) is 16.5 Å². The highest BCUT2D eigenvalue weighted by Gasteiger charge is 2.28. The molecule has 1 unspecified atom stereocenters. The topological polar surface area (TPSA) is 29.5 Å². The molecule has 1 aliphatic heterocycles. The van der Waals surface area contributed by atoms with Crippen LogP contribution in [0.1, 0.15) is 23.6 Å². The number of nitrogens with zero attached hydrogens (tertiary/aromatic N) is 1. The predicted octanol–water partition coefficient (Wildman–Crippen LogP) is 4.53. The van der Waals surface area contributed by atoms with Crippen LogP contribution in [0.15, 0.2) is 53.0 Å². The van der Waals surface area contributed by atoms with Crippen molar-refractivity contribution in [1.29, 1.82) is 0 Å². The number of rotatable bonds is 2. The number of halogens is 1. The van der Waals surface area contributed by atoms with Gasteiger partial charge in [0.05, 0.1) is 6.54 Å². The van der Waals surface area contributed by atoms with Gasteiger partial charge in [-0.3, -0.25) is 0 Å². The largest absolute Gasteiger partial charge is 0.445 e. The summed E-state index contributed by atoms with van der Waals surface area (Å²) < 4.78 is 6.52. The SMILES string of the molecule is CC1Cc2cccc(Br)c2CN1C(=O)OCc1ccccc1. The molecular formula is C18H18BrNO2. The van der Waals surface area contributed by atoms with Gasteiger partial charge < -0.3 is 9.64 Å². The molecule has 0 saturated carbocycles. The Labute approximate surface area is 139 Å². The van der Waals surface area contributed by atoms with Gasteiger partial charge in [0.15, 0.2) is 0 Å². The van der Waals surface area contributed by atoms with Gasteiger partial charge in [0.1, 0.15) is 6.61 Å². The smallest absolute Gasteiger partial charge is 0.410 e. The summed E-state index contributed by atoms with van der Waals surface area (Å²) >= 11 is 3.58. The minimum absolute atomic E-state index is 0.144. The zero-order chi connectivity index (χ0) is 15.5. The van der Waals surface area contributed by atoms with Crippen molar-refractivity contribution < 1.29 is 9.53 Å². The second-order valence-electron chi connectivity index (χ2n) is 5.60. The fraction of sp³-hybridized carbons (Fsp3) is 0.278. The van der Waals surface area contributed by atoms with Crippen molar-refractivity contribution in [3.05, 3.63) is 69.7 Å². The van der Waals surface area contributed by atoms with Crippen LogP contribution in [-0.4, -0.2) is 17.0 Å². The molecule has 1 amide bonds. The Balaban J connectivity index is 1.69. The molecule has 0 radical (unpaired) electrons. The number of carbonyl (C=O) groups excluding carboxylic acids is 1. The van der Waals surface area contributed by atoms with Crippen LogP contribution in [0.4, 0.5) is 4.79 Å². The van der Waals surface area contributed by atoms with E-state index in [9.17, 15) is 4.79 Å². The Morgan fingerprint density at radius 2 is 2.00 bits per heavy atom. The van der Waals surface area contributed by atoms with Gasteiger partial charge in [-0.2, -0.15) is 0 Å². The van der Waals surface area contributed by atoms with Gasteiger partial charge in [-0.15, -0.1) is 0 Å². The van der Waals surface area contributed by atoms with Crippen LogP contribution in [0.5, 0.6) is 0 Å². The molecule has 1 atom stereocenters. The standard InChI is InChI=1S/C18H18BrNO2/c1-13-10-15-8-5-9-17(19)16(15)11-20(13)18(21)22-12-14-6-3-2-4-7-14/h2-9,13H,10-12H2,1H3. The molecule has 2 aromatic rings. The van der Waals surface area contributed by atoms with E-state index in [1.54, 1.807) is 4.90 Å². The minimum Gasteiger partial charge on any atom is -0.445 e. The van der Waals surface area contributed by atoms with Crippen LogP contribution in [-0.2, 0) is 24.3 Å². The minimum atomic E-state index is -0.252. The van der Waals surface area contributed by atoms with E-state index in [-0.39, 0.29) is 12.1 Å². The lowest BCUT2D eigenvalue weighted by Gasteiger charge is -2.34. The van der Waals surface area contributed by atoms with Crippen molar-refractivity contribution in [2.24, 2.45) is 0 Å². The molecule has 3 nitrogen and oxygen atoms in total. The molecule has 0 aliphatic carbocycles. The fourth-order valence-corrected chi connectivity index (χ4v) is 3.31. The van der Waals surface area contributed by atoms with E-state index in [2.05, 4.69) is 28.9 Å². The number of hydrogen-bond donors (Lipinski definition) is 0. The molecule has 0 spiro atoms. The van der Waals surface area contributed by atoms with Crippen molar-refractivity contribution in [2.45, 2.75) is 32.5 Å². The third-order valence-electron chi connectivity index (χ3n) is 4.03. The number of amides is 1. The van der Waals surface area contributed by atoms with E-state index in [1.165, 1.54) is 11.1 Å². The first-order valence-corrected chi connectivity index (χ1v) is 8.18. The van der Waals surface area contributed by atoms with Gasteiger partial charge in [0.25, 0.3) is 0 Å². The van der Waals surface area contributed by atoms with Gasteiger partial charge >= 0.3 is 6.09 Å². The molecule has 0 aromatic heterocycles. The van der Waals surface area contributed by atoms with Gasteiger partial charge in [-0.05, 0) is 36.1 Å². The number of ether oxygens (including phenoxy) is 1. The van der Waals surface area contributed by atoms with Gasteiger partial charge in [0.2, 0.25) is 0 Å². The van der Waals surface area contributed by atoms with Gasteiger partial charge in [0, 0.05) is 10.5 Å². The number of hydrogen-bond acceptors (Lipinski definition) is 2. The molecular weight excluding hydrogens is 342 g/mol. The monoisotopic (exact) mass is 359 g/mol. The normalized spacial score (nSPS) is 17.0. The highest BCUT2D eigenvalue weighted by Crippen LogP contribution is 2.29. The van der Waals surface area contributed by atoms with Crippen molar-refractivity contribution >= 4 is 22.0 Å². The van der Waals surface area contributed by atoms with Gasteiger partial charge in [-0.1, -0.05) is 58.4 Å². The molecule has 0 bridgehead atoms. The third-order valence-corrected chi connectivity index (χ3v) is 4.77. The first-order valence-electron chi connectivity index (χ1n) is 7.38. The van der Waals surface area contributed by atoms with E-state index in [0.29, 0.717) is 13.2 Å². The Bertz CT molecular complexity index is 672. The van der Waals surface area contributed by atoms with Crippen LogP contribution in [0.3, 0.4) is 0 Å². The maximum Gasteiger partial charge on any atom is 0.410 e. The quantitative estimate of drug-likeness (QED) is 0.787. The van der Waals surface area contributed by atoms with Crippen molar-refractivity contribution in [1.82, 2.24) is 4.90 Å². The molecule has 0 N–H and O–H groups in total. The molecule has 4 heteroatoms. The van der Waals surface area contributed by atoms with Crippen LogP contribution in [0.25, 0.3) is 0 Å². The van der Waals surface area contributed by atoms with Crippen LogP contribution in [0, 0.1) is 0 Å². The average molecular weight is 360 g/mol. The Hall–Kier alpha value is -1.81. The molecule has 0 saturated heterocycles. The zero-order valence-corrected chi connectivity index (χ0v) is 14.0. The van der Waals surface area contributed by atoms with Crippen LogP contribution < -0.4 is 0 Å². The maximum atomic E-state index is 12.4. The van der Waals surface area contributed by atoms with Crippen LogP contribution >= 0.6 is 15.9 Å². The molecule has 0 fully saturated rings. The Morgan fingerprint density at radius 3 is 2.77 bits per heavy atom. The first-order chi connectivity index (χ1) is 10.6. The van der Waals surface area contributed by atoms with Gasteiger partial charge in [-0.25, -0.2) is 4.79 Å². The molecule has 22 heavy (non-hydrogen) atoms. The highest BCUT2D eigenvalue weighted by molar-refractivity contribution is 9.10. The third kappa shape index (κ3) is 3.17. The summed E-state index contributed by atoms with van der Waals surface area (Å²) in [6, 6.07) is 16.1. The van der Waals surface area contributed by atoms with E-state index < -0.39 is 0 Å². The van der Waals surface area contributed by atoms with Crippen molar-refractivity contribution in [3.63, 3.8) is 0 Å². The molecule has 1 heterocycles. The summed E-state index contributed by atoms with van der Waals surface area (Å²) in [4.78, 5) is 14.2. The van der Waals surface area contributed by atoms with E-state index in [1.807, 2.05) is 42.5 Å². The lowest BCUT2D eigenvalue weighted by Crippen LogP contribution is -2.42. The molecule has 2 aromatic carbocycles. The Morgan fingerprint density at radius 1 is 1.23 bits per heavy atom. The van der Waals surface area contributed by atoms with Crippen LogP contribution in [0.2, 0.25) is 0 Å². The van der Waals surface area contributed by atoms with E-state index >= 15 is 0 Å². The lowest BCUT2D eigenvalue weighted by molar-refractivity contribution is 0.0765. The average Bonchev–Trinajstić information content (AvgIpc) is 2.53. The first kappa shape index (κ1) is 15.1. The second-order valence-corrected chi connectivity index (χ2v) is 6.45. The maximum absolute atomic E-state index is 12.4. The predicted molar refractivity (Wildman–Crippen MR) is 89.5 cm³/mol. The summed E-state index contributed by atoms with van der Waals surface area (Å²) in [5.41, 5.74) is 3.48. The Kier molecular flexibility index (Phi) is 4.48. The zero-order valence-electron chi connectivity index (χ0n) is 12.5. The number of benzene rings is 2. The summed E-state index contributed by atoms with van der Waals surface area (Å²) in [6.45, 7) is 2.96.